The first-order valence-electron chi connectivity index (χ1n) is 19.9. The second-order valence-corrected chi connectivity index (χ2v) is 15.3. The number of ether oxygens (including phenoxy) is 3. The molecular formula is C41H67N5O8. The van der Waals surface area contributed by atoms with Gasteiger partial charge in [0.05, 0.1) is 50.3 Å². The van der Waals surface area contributed by atoms with Crippen molar-refractivity contribution in [3.63, 3.8) is 0 Å². The Labute approximate surface area is 323 Å². The number of piperidine rings is 1. The Morgan fingerprint density at radius 2 is 1.69 bits per heavy atom. The zero-order valence-corrected chi connectivity index (χ0v) is 34.2. The predicted molar refractivity (Wildman–Crippen MR) is 207 cm³/mol. The van der Waals surface area contributed by atoms with Gasteiger partial charge in [-0.2, -0.15) is 0 Å². The zero-order valence-electron chi connectivity index (χ0n) is 34.2. The molecule has 9 unspecified atom stereocenters. The van der Waals surface area contributed by atoms with Gasteiger partial charge in [0.2, 0.25) is 23.6 Å². The molecule has 2 aliphatic heterocycles. The van der Waals surface area contributed by atoms with Crippen LogP contribution in [0.25, 0.3) is 0 Å². The third-order valence-electron chi connectivity index (χ3n) is 12.1. The van der Waals surface area contributed by atoms with E-state index in [1.807, 2.05) is 44.2 Å². The van der Waals surface area contributed by atoms with Gasteiger partial charge in [0.1, 0.15) is 11.6 Å². The lowest BCUT2D eigenvalue weighted by atomic mass is 9.76. The number of hydrogen-bond donors (Lipinski definition) is 3. The minimum absolute atomic E-state index is 0.0117. The number of amides is 4. The lowest BCUT2D eigenvalue weighted by molar-refractivity contribution is -0.148. The smallest absolute Gasteiger partial charge is 0.328 e. The van der Waals surface area contributed by atoms with Crippen molar-refractivity contribution in [3.05, 3.63) is 35.9 Å². The van der Waals surface area contributed by atoms with E-state index < -0.39 is 41.7 Å². The van der Waals surface area contributed by atoms with Gasteiger partial charge in [-0.3, -0.25) is 19.2 Å². The van der Waals surface area contributed by atoms with Crippen LogP contribution in [0.2, 0.25) is 0 Å². The highest BCUT2D eigenvalue weighted by atomic mass is 16.5. The summed E-state index contributed by atoms with van der Waals surface area (Å²) in [6.45, 7) is 11.1. The molecule has 304 valence electrons. The maximum atomic E-state index is 14.1. The summed E-state index contributed by atoms with van der Waals surface area (Å²) in [5.74, 6) is -2.07. The second kappa shape index (κ2) is 21.5. The molecule has 0 aromatic heterocycles. The number of likely N-dealkylation sites (tertiary alicyclic amines) is 1. The molecule has 9 atom stereocenters. The first-order valence-corrected chi connectivity index (χ1v) is 19.9. The van der Waals surface area contributed by atoms with E-state index in [0.29, 0.717) is 13.0 Å². The Morgan fingerprint density at radius 3 is 2.26 bits per heavy atom. The van der Waals surface area contributed by atoms with E-state index in [9.17, 15) is 24.0 Å². The summed E-state index contributed by atoms with van der Waals surface area (Å²) in [6.07, 6.45) is 4.70. The number of esters is 1. The number of rotatable bonds is 20. The number of hydrogen-bond acceptors (Lipinski definition) is 9. The average molecular weight is 758 g/mol. The first-order chi connectivity index (χ1) is 25.8. The fourth-order valence-corrected chi connectivity index (χ4v) is 8.37. The highest BCUT2D eigenvalue weighted by Gasteiger charge is 2.45. The van der Waals surface area contributed by atoms with Crippen molar-refractivity contribution in [1.29, 1.82) is 0 Å². The van der Waals surface area contributed by atoms with E-state index in [2.05, 4.69) is 29.8 Å². The summed E-state index contributed by atoms with van der Waals surface area (Å²) in [5, 5.41) is 9.26. The fourth-order valence-electron chi connectivity index (χ4n) is 8.37. The molecule has 0 aliphatic carbocycles. The maximum Gasteiger partial charge on any atom is 0.328 e. The van der Waals surface area contributed by atoms with Gasteiger partial charge in [-0.25, -0.2) is 4.79 Å². The Morgan fingerprint density at radius 1 is 0.981 bits per heavy atom. The Kier molecular flexibility index (Phi) is 17.9. The van der Waals surface area contributed by atoms with Crippen LogP contribution in [-0.4, -0.2) is 123 Å². The van der Waals surface area contributed by atoms with Gasteiger partial charge in [0.25, 0.3) is 0 Å². The molecule has 2 saturated heterocycles. The Bertz CT molecular complexity index is 1370. The van der Waals surface area contributed by atoms with Crippen LogP contribution in [0.5, 0.6) is 0 Å². The molecule has 0 spiro atoms. The number of nitrogens with zero attached hydrogens (tertiary/aromatic N) is 2. The summed E-state index contributed by atoms with van der Waals surface area (Å²) >= 11 is 0. The molecule has 2 aliphatic rings. The molecule has 1 aromatic carbocycles. The highest BCUT2D eigenvalue weighted by molar-refractivity contribution is 5.91. The Hall–Kier alpha value is -3.55. The van der Waals surface area contributed by atoms with E-state index in [-0.39, 0.29) is 60.9 Å². The quantitative estimate of drug-likeness (QED) is 0.170. The van der Waals surface area contributed by atoms with Gasteiger partial charge < -0.3 is 40.0 Å². The standard InChI is InChI=1S/C41H67N5O8/c1-10-27(3)36(45(6)35(48)26-42-40(51)41(28(4)11-2)21-15-16-22-43-41)33(52-7)25-34(47)46-23-17-20-32(46)37(53-8)29(5)38(49)44-31(39(50)54-9)24-30-18-13-12-14-19-30/h12-14,18-19,27-29,31-33,36-37,43H,10-11,15-17,20-26H2,1-9H3,(H,42,51)(H,44,49). The van der Waals surface area contributed by atoms with Crippen LogP contribution in [0.4, 0.5) is 0 Å². The monoisotopic (exact) mass is 757 g/mol. The number of nitrogens with one attached hydrogen (secondary N) is 3. The van der Waals surface area contributed by atoms with E-state index in [4.69, 9.17) is 14.2 Å². The summed E-state index contributed by atoms with van der Waals surface area (Å²) in [5.41, 5.74) is 0.183. The molecule has 3 N–H and O–H groups in total. The normalized spacial score (nSPS) is 22.5. The summed E-state index contributed by atoms with van der Waals surface area (Å²) < 4.78 is 16.9. The molecule has 0 bridgehead atoms. The number of carbonyl (C=O) groups is 5. The second-order valence-electron chi connectivity index (χ2n) is 15.3. The maximum absolute atomic E-state index is 14.1. The number of likely N-dealkylation sites (N-methyl/N-ethyl adjacent to an activating group) is 1. The molecule has 2 fully saturated rings. The molecule has 3 rings (SSSR count). The van der Waals surface area contributed by atoms with Crippen molar-refractivity contribution in [2.75, 3.05) is 48.0 Å². The summed E-state index contributed by atoms with van der Waals surface area (Å²) in [6, 6.07) is 7.69. The molecule has 13 heteroatoms. The van der Waals surface area contributed by atoms with Crippen molar-refractivity contribution in [3.8, 4) is 0 Å². The van der Waals surface area contributed by atoms with Gasteiger partial charge in [-0.1, -0.05) is 77.8 Å². The van der Waals surface area contributed by atoms with E-state index in [0.717, 1.165) is 50.6 Å². The lowest BCUT2D eigenvalue weighted by Crippen LogP contribution is -2.63. The topological polar surface area (TPSA) is 156 Å². The summed E-state index contributed by atoms with van der Waals surface area (Å²) in [7, 11) is 6.09. The molecule has 54 heavy (non-hydrogen) atoms. The van der Waals surface area contributed by atoms with Crippen LogP contribution in [-0.2, 0) is 44.6 Å². The van der Waals surface area contributed by atoms with Gasteiger partial charge in [-0.05, 0) is 56.0 Å². The van der Waals surface area contributed by atoms with Gasteiger partial charge in [0.15, 0.2) is 0 Å². The number of benzene rings is 1. The predicted octanol–water partition coefficient (Wildman–Crippen LogP) is 3.48. The minimum atomic E-state index is -0.885. The third kappa shape index (κ3) is 11.0. The van der Waals surface area contributed by atoms with E-state index in [1.165, 1.54) is 14.2 Å². The van der Waals surface area contributed by atoms with Crippen molar-refractivity contribution in [2.45, 2.75) is 128 Å². The van der Waals surface area contributed by atoms with Crippen LogP contribution < -0.4 is 16.0 Å². The molecule has 1 aromatic rings. The Balaban J connectivity index is 1.71. The number of carbonyl (C=O) groups excluding carboxylic acids is 5. The number of methoxy groups -OCH3 is 3. The molecular weight excluding hydrogens is 690 g/mol. The van der Waals surface area contributed by atoms with Crippen LogP contribution >= 0.6 is 0 Å². The third-order valence-corrected chi connectivity index (χ3v) is 12.1. The van der Waals surface area contributed by atoms with Crippen LogP contribution in [0.15, 0.2) is 30.3 Å². The molecule has 13 nitrogen and oxygen atoms in total. The van der Waals surface area contributed by atoms with E-state index >= 15 is 0 Å². The van der Waals surface area contributed by atoms with Gasteiger partial charge in [0, 0.05) is 34.2 Å². The van der Waals surface area contributed by atoms with Crippen LogP contribution in [0.1, 0.15) is 91.5 Å². The van der Waals surface area contributed by atoms with Gasteiger partial charge >= 0.3 is 5.97 Å². The highest BCUT2D eigenvalue weighted by Crippen LogP contribution is 2.31. The average Bonchev–Trinajstić information content (AvgIpc) is 3.68. The molecule has 4 amide bonds. The van der Waals surface area contributed by atoms with E-state index in [1.54, 1.807) is 30.9 Å². The van der Waals surface area contributed by atoms with Crippen molar-refractivity contribution < 1.29 is 38.2 Å². The van der Waals surface area contributed by atoms with Crippen LogP contribution in [0, 0.1) is 17.8 Å². The lowest BCUT2D eigenvalue weighted by Gasteiger charge is -2.42. The summed E-state index contributed by atoms with van der Waals surface area (Å²) in [4.78, 5) is 71.1. The van der Waals surface area contributed by atoms with Crippen LogP contribution in [0.3, 0.4) is 0 Å². The van der Waals surface area contributed by atoms with Gasteiger partial charge in [-0.15, -0.1) is 0 Å². The molecule has 2 heterocycles. The first kappa shape index (κ1) is 44.8. The van der Waals surface area contributed by atoms with Crippen molar-refractivity contribution in [1.82, 2.24) is 25.8 Å². The SMILES string of the molecule is CCC(C)C(C(CC(=O)N1CCCC1C(OC)C(C)C(=O)NC(Cc1ccccc1)C(=O)OC)OC)N(C)C(=O)CNC(=O)C1(C(C)CC)CCCCN1. The fraction of sp³-hybridized carbons (Fsp3) is 0.732. The van der Waals surface area contributed by atoms with Crippen molar-refractivity contribution in [2.24, 2.45) is 17.8 Å². The van der Waals surface area contributed by atoms with Crippen molar-refractivity contribution >= 4 is 29.6 Å². The zero-order chi connectivity index (χ0) is 40.0. The molecule has 0 saturated carbocycles. The minimum Gasteiger partial charge on any atom is -0.467 e. The largest absolute Gasteiger partial charge is 0.467 e. The molecule has 0 radical (unpaired) electrons.